The fourth-order valence-corrected chi connectivity index (χ4v) is 8.51. The van der Waals surface area contributed by atoms with Crippen molar-refractivity contribution in [2.45, 2.75) is 0 Å². The summed E-state index contributed by atoms with van der Waals surface area (Å²) >= 11 is 0. The second kappa shape index (κ2) is 12.2. The maximum Gasteiger partial charge on any atom is 0.143 e. The zero-order valence-corrected chi connectivity index (χ0v) is 29.3. The SMILES string of the molecule is c1ccc(-c2ccc(-c3oc4c(-c5c6ccccc6c(-c6cccc7c6oc6ccccc67)c6ccccc56)cccc4c3-c3ccccc3)cc2)cc1. The maximum absolute atomic E-state index is 7.16. The second-order valence-corrected chi connectivity index (χ2v) is 13.9. The summed E-state index contributed by atoms with van der Waals surface area (Å²) in [5, 5.41) is 8.01. The fraction of sp³-hybridized carbons (Fsp3) is 0. The summed E-state index contributed by atoms with van der Waals surface area (Å²) in [6, 6.07) is 68.9. The zero-order valence-electron chi connectivity index (χ0n) is 29.3. The first-order valence-electron chi connectivity index (χ1n) is 18.4. The Balaban J connectivity index is 1.19. The first-order chi connectivity index (χ1) is 26.8. The highest BCUT2D eigenvalue weighted by Crippen LogP contribution is 2.50. The average molecular weight is 689 g/mol. The summed E-state index contributed by atoms with van der Waals surface area (Å²) in [6.45, 7) is 0. The molecule has 0 aliphatic carbocycles. The average Bonchev–Trinajstić information content (AvgIpc) is 3.83. The number of para-hydroxylation sites is 3. The topological polar surface area (TPSA) is 26.3 Å². The first kappa shape index (κ1) is 30.5. The molecule has 0 unspecified atom stereocenters. The highest BCUT2D eigenvalue weighted by atomic mass is 16.3. The maximum atomic E-state index is 7.16. The third-order valence-corrected chi connectivity index (χ3v) is 10.9. The van der Waals surface area contributed by atoms with Crippen LogP contribution in [0.2, 0.25) is 0 Å². The molecule has 11 aromatic rings. The number of hydrogen-bond acceptors (Lipinski definition) is 2. The van der Waals surface area contributed by atoms with Crippen LogP contribution in [0, 0.1) is 0 Å². The molecule has 2 nitrogen and oxygen atoms in total. The van der Waals surface area contributed by atoms with Gasteiger partial charge in [-0.2, -0.15) is 0 Å². The van der Waals surface area contributed by atoms with Crippen molar-refractivity contribution in [3.05, 3.63) is 194 Å². The minimum atomic E-state index is 0.866. The van der Waals surface area contributed by atoms with Crippen molar-refractivity contribution < 1.29 is 8.83 Å². The van der Waals surface area contributed by atoms with Gasteiger partial charge in [0.05, 0.1) is 0 Å². The summed E-state index contributed by atoms with van der Waals surface area (Å²) in [7, 11) is 0. The molecule has 0 spiro atoms. The van der Waals surface area contributed by atoms with E-state index in [9.17, 15) is 0 Å². The summed E-state index contributed by atoms with van der Waals surface area (Å²) in [4.78, 5) is 0. The van der Waals surface area contributed by atoms with Crippen LogP contribution in [0.5, 0.6) is 0 Å². The number of hydrogen-bond donors (Lipinski definition) is 0. The van der Waals surface area contributed by atoms with Crippen molar-refractivity contribution in [3.63, 3.8) is 0 Å². The van der Waals surface area contributed by atoms with E-state index >= 15 is 0 Å². The van der Waals surface area contributed by atoms with E-state index < -0.39 is 0 Å². The predicted molar refractivity (Wildman–Crippen MR) is 226 cm³/mol. The summed E-state index contributed by atoms with van der Waals surface area (Å²) in [5.41, 5.74) is 12.8. The smallest absolute Gasteiger partial charge is 0.143 e. The third kappa shape index (κ3) is 4.67. The van der Waals surface area contributed by atoms with Crippen molar-refractivity contribution in [3.8, 4) is 55.8 Å². The molecule has 0 radical (unpaired) electrons. The minimum Gasteiger partial charge on any atom is -0.455 e. The van der Waals surface area contributed by atoms with Crippen LogP contribution in [0.4, 0.5) is 0 Å². The molecule has 2 heterocycles. The van der Waals surface area contributed by atoms with E-state index in [0.717, 1.165) is 72.0 Å². The molecule has 9 aromatic carbocycles. The minimum absolute atomic E-state index is 0.866. The van der Waals surface area contributed by atoms with Gasteiger partial charge in [0.15, 0.2) is 0 Å². The molecular weight excluding hydrogens is 657 g/mol. The van der Waals surface area contributed by atoms with Gasteiger partial charge in [-0.05, 0) is 44.3 Å². The van der Waals surface area contributed by atoms with Crippen molar-refractivity contribution in [2.24, 2.45) is 0 Å². The van der Waals surface area contributed by atoms with Crippen LogP contribution in [-0.4, -0.2) is 0 Å². The van der Waals surface area contributed by atoms with Crippen molar-refractivity contribution >= 4 is 54.5 Å². The Hall–Kier alpha value is -7.16. The van der Waals surface area contributed by atoms with Gasteiger partial charge in [0, 0.05) is 49.5 Å². The summed E-state index contributed by atoms with van der Waals surface area (Å²) < 4.78 is 13.8. The Kier molecular flexibility index (Phi) is 6.90. The van der Waals surface area contributed by atoms with Gasteiger partial charge < -0.3 is 8.83 Å². The Morgan fingerprint density at radius 1 is 0.241 bits per heavy atom. The van der Waals surface area contributed by atoms with Crippen molar-refractivity contribution in [1.82, 2.24) is 0 Å². The number of furan rings is 2. The van der Waals surface area contributed by atoms with E-state index in [0.29, 0.717) is 0 Å². The van der Waals surface area contributed by atoms with E-state index in [1.807, 2.05) is 6.07 Å². The standard InChI is InChI=1S/C52H32O2/c1-3-15-33(16-4-1)34-29-31-36(32-30-34)50-47(35-17-5-2-6-18-35)43-25-14-27-45(52(43)54-50)49-40-22-9-7-20-38(40)48(39-21-8-10-23-41(39)49)44-26-13-24-42-37-19-11-12-28-46(37)53-51(42)44/h1-32H. The van der Waals surface area contributed by atoms with Crippen LogP contribution >= 0.6 is 0 Å². The lowest BCUT2D eigenvalue weighted by molar-refractivity contribution is 0.633. The molecule has 11 rings (SSSR count). The summed E-state index contributed by atoms with van der Waals surface area (Å²) in [6.07, 6.45) is 0. The van der Waals surface area contributed by atoms with E-state index in [1.165, 1.54) is 38.2 Å². The van der Waals surface area contributed by atoms with Crippen LogP contribution < -0.4 is 0 Å². The van der Waals surface area contributed by atoms with E-state index in [2.05, 4.69) is 188 Å². The van der Waals surface area contributed by atoms with Gasteiger partial charge in [-0.15, -0.1) is 0 Å². The third-order valence-electron chi connectivity index (χ3n) is 10.9. The molecule has 0 N–H and O–H groups in total. The van der Waals surface area contributed by atoms with E-state index in [1.54, 1.807) is 0 Å². The van der Waals surface area contributed by atoms with Gasteiger partial charge in [0.25, 0.3) is 0 Å². The molecule has 2 heteroatoms. The van der Waals surface area contributed by atoms with Crippen LogP contribution in [0.15, 0.2) is 203 Å². The van der Waals surface area contributed by atoms with Crippen LogP contribution in [0.3, 0.4) is 0 Å². The molecule has 0 aliphatic heterocycles. The van der Waals surface area contributed by atoms with E-state index in [4.69, 9.17) is 8.83 Å². The predicted octanol–water partition coefficient (Wildman–Crippen LogP) is 15.0. The van der Waals surface area contributed by atoms with Crippen LogP contribution in [-0.2, 0) is 0 Å². The molecule has 0 fully saturated rings. The van der Waals surface area contributed by atoms with Gasteiger partial charge in [-0.25, -0.2) is 0 Å². The number of rotatable bonds is 5. The van der Waals surface area contributed by atoms with Gasteiger partial charge >= 0.3 is 0 Å². The lowest BCUT2D eigenvalue weighted by Gasteiger charge is -2.18. The Bertz CT molecular complexity index is 3130. The van der Waals surface area contributed by atoms with Crippen molar-refractivity contribution in [1.29, 1.82) is 0 Å². The van der Waals surface area contributed by atoms with Gasteiger partial charge in [0.1, 0.15) is 22.5 Å². The number of fused-ring (bicyclic) bond motifs is 6. The molecule has 2 aromatic heterocycles. The normalized spacial score (nSPS) is 11.7. The highest BCUT2D eigenvalue weighted by molar-refractivity contribution is 6.26. The largest absolute Gasteiger partial charge is 0.455 e. The second-order valence-electron chi connectivity index (χ2n) is 13.9. The quantitative estimate of drug-likeness (QED) is 0.168. The Labute approximate surface area is 312 Å². The van der Waals surface area contributed by atoms with Gasteiger partial charge in [0.2, 0.25) is 0 Å². The lowest BCUT2D eigenvalue weighted by Crippen LogP contribution is -1.91. The molecule has 252 valence electrons. The molecule has 0 saturated carbocycles. The first-order valence-corrected chi connectivity index (χ1v) is 18.4. The molecular formula is C52H32O2. The molecule has 0 saturated heterocycles. The highest BCUT2D eigenvalue weighted by Gasteiger charge is 2.24. The molecule has 0 atom stereocenters. The monoisotopic (exact) mass is 688 g/mol. The van der Waals surface area contributed by atoms with Gasteiger partial charge in [-0.1, -0.05) is 188 Å². The lowest BCUT2D eigenvalue weighted by atomic mass is 9.85. The Morgan fingerprint density at radius 2 is 0.667 bits per heavy atom. The van der Waals surface area contributed by atoms with E-state index in [-0.39, 0.29) is 0 Å². The molecule has 0 aliphatic rings. The fourth-order valence-electron chi connectivity index (χ4n) is 8.51. The van der Waals surface area contributed by atoms with Crippen LogP contribution in [0.1, 0.15) is 0 Å². The Morgan fingerprint density at radius 3 is 1.26 bits per heavy atom. The molecule has 54 heavy (non-hydrogen) atoms. The molecule has 0 bridgehead atoms. The molecule has 0 amide bonds. The van der Waals surface area contributed by atoms with Crippen LogP contribution in [0.25, 0.3) is 110 Å². The number of benzene rings is 9. The van der Waals surface area contributed by atoms with Crippen molar-refractivity contribution in [2.75, 3.05) is 0 Å². The van der Waals surface area contributed by atoms with Gasteiger partial charge in [-0.3, -0.25) is 0 Å². The zero-order chi connectivity index (χ0) is 35.6. The summed E-state index contributed by atoms with van der Waals surface area (Å²) in [5.74, 6) is 0.866.